The van der Waals surface area contributed by atoms with Crippen molar-refractivity contribution in [3.8, 4) is 0 Å². The Morgan fingerprint density at radius 2 is 1.84 bits per heavy atom. The minimum absolute atomic E-state index is 0.0450. The summed E-state index contributed by atoms with van der Waals surface area (Å²) in [7, 11) is 1.69. The second-order valence-electron chi connectivity index (χ2n) is 5.11. The summed E-state index contributed by atoms with van der Waals surface area (Å²) in [5, 5.41) is 0. The van der Waals surface area contributed by atoms with Gasteiger partial charge in [-0.2, -0.15) is 0 Å². The van der Waals surface area contributed by atoms with Crippen LogP contribution in [0.15, 0.2) is 0 Å². The fraction of sp³-hybridized carbons (Fsp3) is 1.00. The fourth-order valence-electron chi connectivity index (χ4n) is 2.17. The van der Waals surface area contributed by atoms with Crippen LogP contribution in [0.2, 0.25) is 0 Å². The molecule has 1 aliphatic heterocycles. The van der Waals surface area contributed by atoms with Gasteiger partial charge in [0.15, 0.2) is 6.29 Å². The largest absolute Gasteiger partial charge is 0.379 e. The first-order valence-electron chi connectivity index (χ1n) is 7.69. The highest BCUT2D eigenvalue weighted by atomic mass is 16.7. The first kappa shape index (κ1) is 16.9. The van der Waals surface area contributed by atoms with Crippen molar-refractivity contribution < 1.29 is 18.9 Å². The van der Waals surface area contributed by atoms with Gasteiger partial charge >= 0.3 is 0 Å². The fourth-order valence-corrected chi connectivity index (χ4v) is 2.17. The Kier molecular flexibility index (Phi) is 9.43. The second-order valence-corrected chi connectivity index (χ2v) is 5.11. The molecule has 1 heterocycles. The van der Waals surface area contributed by atoms with Crippen molar-refractivity contribution >= 4 is 0 Å². The highest BCUT2D eigenvalue weighted by molar-refractivity contribution is 4.77. The Bertz CT molecular complexity index is 210. The van der Waals surface area contributed by atoms with Crippen LogP contribution in [0, 0.1) is 0 Å². The number of methoxy groups -OCH3 is 1. The average molecular weight is 274 g/mol. The molecule has 3 atom stereocenters. The van der Waals surface area contributed by atoms with Crippen molar-refractivity contribution in [1.82, 2.24) is 0 Å². The Labute approximate surface area is 117 Å². The van der Waals surface area contributed by atoms with Crippen molar-refractivity contribution in [2.75, 3.05) is 26.9 Å². The summed E-state index contributed by atoms with van der Waals surface area (Å²) in [5.74, 6) is 0. The van der Waals surface area contributed by atoms with Gasteiger partial charge in [0, 0.05) is 26.7 Å². The van der Waals surface area contributed by atoms with Crippen LogP contribution in [-0.2, 0) is 18.9 Å². The molecule has 4 heteroatoms. The summed E-state index contributed by atoms with van der Waals surface area (Å²) < 4.78 is 22.7. The summed E-state index contributed by atoms with van der Waals surface area (Å²) in [6, 6.07) is 0. The summed E-state index contributed by atoms with van der Waals surface area (Å²) in [5.41, 5.74) is 0. The van der Waals surface area contributed by atoms with Gasteiger partial charge in [-0.1, -0.05) is 26.7 Å². The molecule has 0 aromatic carbocycles. The van der Waals surface area contributed by atoms with Gasteiger partial charge in [-0.3, -0.25) is 0 Å². The standard InChI is InChI=1S/C15H30O4/c1-4-6-10-17-12-14(18-11-7-5-2)13-8-9-15(16-3)19-13/h13-15H,4-12H2,1-3H3/t13-,14+,15-/m0/s1. The molecule has 0 saturated carbocycles. The molecule has 1 rings (SSSR count). The smallest absolute Gasteiger partial charge is 0.157 e. The summed E-state index contributed by atoms with van der Waals surface area (Å²) in [6.07, 6.45) is 6.53. The lowest BCUT2D eigenvalue weighted by Crippen LogP contribution is -2.34. The summed E-state index contributed by atoms with van der Waals surface area (Å²) in [4.78, 5) is 0. The van der Waals surface area contributed by atoms with E-state index in [4.69, 9.17) is 18.9 Å². The zero-order valence-electron chi connectivity index (χ0n) is 12.7. The lowest BCUT2D eigenvalue weighted by atomic mass is 10.1. The third-order valence-electron chi connectivity index (χ3n) is 3.45. The monoisotopic (exact) mass is 274 g/mol. The lowest BCUT2D eigenvalue weighted by molar-refractivity contribution is -0.159. The molecular formula is C15H30O4. The van der Waals surface area contributed by atoms with Gasteiger partial charge in [-0.05, 0) is 19.3 Å². The Morgan fingerprint density at radius 1 is 1.11 bits per heavy atom. The molecule has 0 aromatic heterocycles. The molecule has 0 N–H and O–H groups in total. The van der Waals surface area contributed by atoms with Crippen LogP contribution in [-0.4, -0.2) is 45.4 Å². The molecule has 1 aliphatic rings. The van der Waals surface area contributed by atoms with Crippen molar-refractivity contribution in [2.45, 2.75) is 70.9 Å². The van der Waals surface area contributed by atoms with E-state index in [2.05, 4.69) is 13.8 Å². The minimum Gasteiger partial charge on any atom is -0.379 e. The molecule has 0 bridgehead atoms. The quantitative estimate of drug-likeness (QED) is 0.542. The predicted octanol–water partition coefficient (Wildman–Crippen LogP) is 3.14. The molecule has 0 aliphatic carbocycles. The van der Waals surface area contributed by atoms with Crippen LogP contribution in [0.1, 0.15) is 52.4 Å². The molecule has 19 heavy (non-hydrogen) atoms. The molecular weight excluding hydrogens is 244 g/mol. The highest BCUT2D eigenvalue weighted by Gasteiger charge is 2.32. The van der Waals surface area contributed by atoms with Crippen molar-refractivity contribution in [1.29, 1.82) is 0 Å². The second kappa shape index (κ2) is 10.6. The van der Waals surface area contributed by atoms with E-state index in [1.165, 1.54) is 0 Å². The zero-order valence-corrected chi connectivity index (χ0v) is 12.7. The molecule has 114 valence electrons. The van der Waals surface area contributed by atoms with Crippen LogP contribution >= 0.6 is 0 Å². The molecule has 0 amide bonds. The molecule has 1 fully saturated rings. The van der Waals surface area contributed by atoms with E-state index in [0.717, 1.165) is 51.7 Å². The van der Waals surface area contributed by atoms with Gasteiger partial charge < -0.3 is 18.9 Å². The van der Waals surface area contributed by atoms with Crippen molar-refractivity contribution in [3.05, 3.63) is 0 Å². The Balaban J connectivity index is 2.30. The van der Waals surface area contributed by atoms with E-state index >= 15 is 0 Å². The van der Waals surface area contributed by atoms with E-state index in [1.807, 2.05) is 0 Å². The number of unbranched alkanes of at least 4 members (excludes halogenated alkanes) is 2. The van der Waals surface area contributed by atoms with Crippen LogP contribution in [0.4, 0.5) is 0 Å². The first-order chi connectivity index (χ1) is 9.31. The van der Waals surface area contributed by atoms with Gasteiger partial charge in [0.1, 0.15) is 6.10 Å². The van der Waals surface area contributed by atoms with Crippen LogP contribution < -0.4 is 0 Å². The predicted molar refractivity (Wildman–Crippen MR) is 75.3 cm³/mol. The molecule has 1 saturated heterocycles. The molecule has 0 aromatic rings. The zero-order chi connectivity index (χ0) is 13.9. The topological polar surface area (TPSA) is 36.9 Å². The summed E-state index contributed by atoms with van der Waals surface area (Å²) in [6.45, 7) is 6.57. The van der Waals surface area contributed by atoms with E-state index < -0.39 is 0 Å². The average Bonchev–Trinajstić information content (AvgIpc) is 2.90. The van der Waals surface area contributed by atoms with Crippen LogP contribution in [0.5, 0.6) is 0 Å². The number of hydrogen-bond acceptors (Lipinski definition) is 4. The Hall–Kier alpha value is -0.160. The van der Waals surface area contributed by atoms with Crippen molar-refractivity contribution in [2.24, 2.45) is 0 Å². The van der Waals surface area contributed by atoms with E-state index in [9.17, 15) is 0 Å². The minimum atomic E-state index is -0.0714. The van der Waals surface area contributed by atoms with Gasteiger partial charge in [0.2, 0.25) is 0 Å². The molecule has 0 radical (unpaired) electrons. The van der Waals surface area contributed by atoms with Gasteiger partial charge in [-0.25, -0.2) is 0 Å². The van der Waals surface area contributed by atoms with Crippen LogP contribution in [0.25, 0.3) is 0 Å². The van der Waals surface area contributed by atoms with E-state index in [-0.39, 0.29) is 18.5 Å². The van der Waals surface area contributed by atoms with Crippen LogP contribution in [0.3, 0.4) is 0 Å². The van der Waals surface area contributed by atoms with Gasteiger partial charge in [-0.15, -0.1) is 0 Å². The van der Waals surface area contributed by atoms with Gasteiger partial charge in [0.05, 0.1) is 12.7 Å². The molecule has 0 spiro atoms. The maximum Gasteiger partial charge on any atom is 0.157 e. The third-order valence-corrected chi connectivity index (χ3v) is 3.45. The SMILES string of the molecule is CCCCOC[C@@H](OCCCC)[C@@H]1CC[C@@H](OC)O1. The first-order valence-corrected chi connectivity index (χ1v) is 7.69. The molecule has 4 nitrogen and oxygen atoms in total. The van der Waals surface area contributed by atoms with E-state index in [0.29, 0.717) is 6.61 Å². The normalized spacial score (nSPS) is 24.8. The van der Waals surface area contributed by atoms with E-state index in [1.54, 1.807) is 7.11 Å². The highest BCUT2D eigenvalue weighted by Crippen LogP contribution is 2.24. The third kappa shape index (κ3) is 6.70. The molecule has 0 unspecified atom stereocenters. The maximum atomic E-state index is 5.93. The lowest BCUT2D eigenvalue weighted by Gasteiger charge is -2.24. The number of ether oxygens (including phenoxy) is 4. The number of hydrogen-bond donors (Lipinski definition) is 0. The maximum absolute atomic E-state index is 5.93. The number of rotatable bonds is 11. The Morgan fingerprint density at radius 3 is 2.47 bits per heavy atom. The van der Waals surface area contributed by atoms with Crippen molar-refractivity contribution in [3.63, 3.8) is 0 Å². The van der Waals surface area contributed by atoms with Gasteiger partial charge in [0.25, 0.3) is 0 Å². The summed E-state index contributed by atoms with van der Waals surface area (Å²) >= 11 is 0.